The summed E-state index contributed by atoms with van der Waals surface area (Å²) in [6, 6.07) is 5.01. The average molecular weight is 382 g/mol. The van der Waals surface area contributed by atoms with Crippen LogP contribution in [0.1, 0.15) is 25.7 Å². The lowest BCUT2D eigenvalue weighted by Gasteiger charge is -2.32. The Morgan fingerprint density at radius 3 is 2.45 bits per heavy atom. The number of nitrogens with two attached hydrogens (primary N) is 1. The molecule has 0 amide bonds. The first kappa shape index (κ1) is 16.2. The van der Waals surface area contributed by atoms with Crippen LogP contribution in [-0.4, -0.2) is 31.9 Å². The van der Waals surface area contributed by atoms with Crippen LogP contribution in [0.4, 0.5) is 0 Å². The van der Waals surface area contributed by atoms with Gasteiger partial charge in [0, 0.05) is 23.6 Å². The van der Waals surface area contributed by atoms with Gasteiger partial charge in [0.1, 0.15) is 4.90 Å². The Labute approximate surface area is 133 Å². The zero-order valence-electron chi connectivity index (χ0n) is 11.2. The lowest BCUT2D eigenvalue weighted by atomic mass is 9.92. The first-order valence-corrected chi connectivity index (χ1v) is 9.12. The normalized spacial score (nSPS) is 24.1. The van der Waals surface area contributed by atoms with E-state index < -0.39 is 10.0 Å². The molecule has 1 saturated carbocycles. The van der Waals surface area contributed by atoms with Crippen molar-refractivity contribution in [3.05, 3.63) is 27.7 Å². The van der Waals surface area contributed by atoms with Gasteiger partial charge in [0.2, 0.25) is 10.0 Å². The van der Waals surface area contributed by atoms with E-state index in [2.05, 4.69) is 15.9 Å². The van der Waals surface area contributed by atoms with Crippen LogP contribution in [0.5, 0.6) is 0 Å². The van der Waals surface area contributed by atoms with Crippen LogP contribution < -0.4 is 5.73 Å². The Balaban J connectivity index is 2.25. The van der Waals surface area contributed by atoms with Gasteiger partial charge in [0.15, 0.2) is 0 Å². The molecule has 0 radical (unpaired) electrons. The monoisotopic (exact) mass is 380 g/mol. The Morgan fingerprint density at radius 1 is 1.30 bits per heavy atom. The summed E-state index contributed by atoms with van der Waals surface area (Å²) in [5.41, 5.74) is 5.86. The van der Waals surface area contributed by atoms with E-state index in [1.165, 1.54) is 10.4 Å². The lowest BCUT2D eigenvalue weighted by Crippen LogP contribution is -2.41. The summed E-state index contributed by atoms with van der Waals surface area (Å²) in [6.07, 6.45) is 3.31. The van der Waals surface area contributed by atoms with Gasteiger partial charge in [-0.05, 0) is 43.9 Å². The van der Waals surface area contributed by atoms with Gasteiger partial charge in [-0.25, -0.2) is 8.42 Å². The van der Waals surface area contributed by atoms with E-state index in [0.717, 1.165) is 30.2 Å². The summed E-state index contributed by atoms with van der Waals surface area (Å²) in [6.45, 7) is 0. The van der Waals surface area contributed by atoms with Gasteiger partial charge in [-0.3, -0.25) is 0 Å². The summed E-state index contributed by atoms with van der Waals surface area (Å²) in [7, 11) is -1.94. The minimum Gasteiger partial charge on any atom is -0.328 e. The topological polar surface area (TPSA) is 63.4 Å². The molecule has 20 heavy (non-hydrogen) atoms. The predicted molar refractivity (Wildman–Crippen MR) is 84.3 cm³/mol. The number of halogens is 2. The molecule has 2 rings (SSSR count). The van der Waals surface area contributed by atoms with E-state index in [1.807, 2.05) is 0 Å². The van der Waals surface area contributed by atoms with Crippen molar-refractivity contribution in [2.75, 3.05) is 7.05 Å². The van der Waals surface area contributed by atoms with E-state index in [9.17, 15) is 8.42 Å². The van der Waals surface area contributed by atoms with Crippen LogP contribution in [0, 0.1) is 0 Å². The highest BCUT2D eigenvalue weighted by Gasteiger charge is 2.31. The fraction of sp³-hybridized carbons (Fsp3) is 0.538. The fourth-order valence-electron chi connectivity index (χ4n) is 2.50. The van der Waals surface area contributed by atoms with Crippen molar-refractivity contribution in [1.82, 2.24) is 4.31 Å². The number of nitrogens with zero attached hydrogens (tertiary/aromatic N) is 1. The molecule has 1 aliphatic rings. The largest absolute Gasteiger partial charge is 0.328 e. The van der Waals surface area contributed by atoms with Crippen molar-refractivity contribution < 1.29 is 8.42 Å². The molecule has 2 N–H and O–H groups in total. The minimum atomic E-state index is -3.56. The van der Waals surface area contributed by atoms with Gasteiger partial charge < -0.3 is 5.73 Å². The van der Waals surface area contributed by atoms with E-state index >= 15 is 0 Å². The van der Waals surface area contributed by atoms with Gasteiger partial charge in [0.25, 0.3) is 0 Å². The van der Waals surface area contributed by atoms with Gasteiger partial charge >= 0.3 is 0 Å². The quantitative estimate of drug-likeness (QED) is 0.875. The van der Waals surface area contributed by atoms with Gasteiger partial charge in [0.05, 0.1) is 5.02 Å². The van der Waals surface area contributed by atoms with Crippen molar-refractivity contribution in [2.45, 2.75) is 42.7 Å². The molecule has 0 aliphatic heterocycles. The molecule has 0 atom stereocenters. The maximum Gasteiger partial charge on any atom is 0.244 e. The van der Waals surface area contributed by atoms with Crippen molar-refractivity contribution in [3.63, 3.8) is 0 Å². The number of benzene rings is 1. The number of hydrogen-bond acceptors (Lipinski definition) is 3. The highest BCUT2D eigenvalue weighted by molar-refractivity contribution is 9.10. The molecule has 1 aliphatic carbocycles. The highest BCUT2D eigenvalue weighted by atomic mass is 79.9. The third-order valence-corrected chi connectivity index (χ3v) is 6.69. The second kappa shape index (κ2) is 6.32. The second-order valence-electron chi connectivity index (χ2n) is 5.16. The van der Waals surface area contributed by atoms with Crippen molar-refractivity contribution in [1.29, 1.82) is 0 Å². The molecule has 0 bridgehead atoms. The van der Waals surface area contributed by atoms with Crippen molar-refractivity contribution in [2.24, 2.45) is 5.73 Å². The summed E-state index contributed by atoms with van der Waals surface area (Å²) >= 11 is 9.34. The zero-order valence-corrected chi connectivity index (χ0v) is 14.4. The third-order valence-electron chi connectivity index (χ3n) is 3.81. The van der Waals surface area contributed by atoms with Gasteiger partial charge in [-0.15, -0.1) is 0 Å². The fourth-order valence-corrected chi connectivity index (χ4v) is 4.93. The Hall–Kier alpha value is -0.140. The van der Waals surface area contributed by atoms with Crippen molar-refractivity contribution >= 4 is 37.6 Å². The van der Waals surface area contributed by atoms with E-state index in [0.29, 0.717) is 0 Å². The summed E-state index contributed by atoms with van der Waals surface area (Å²) in [5.74, 6) is 0. The van der Waals surface area contributed by atoms with Crippen molar-refractivity contribution in [3.8, 4) is 0 Å². The standard InChI is InChI=1S/C13H18BrClN2O2S/c1-17(11-5-3-10(16)4-6-11)20(18,19)13-7-2-9(14)8-12(13)15/h2,7-8,10-11H,3-6,16H2,1H3. The molecule has 1 aromatic carbocycles. The van der Waals surface area contributed by atoms with Crippen LogP contribution in [0.15, 0.2) is 27.6 Å². The molecule has 112 valence electrons. The maximum atomic E-state index is 12.6. The third kappa shape index (κ3) is 3.36. The average Bonchev–Trinajstić information content (AvgIpc) is 2.38. The molecule has 1 fully saturated rings. The molecule has 4 nitrogen and oxygen atoms in total. The number of sulfonamides is 1. The van der Waals surface area contributed by atoms with Gasteiger partial charge in [-0.2, -0.15) is 4.31 Å². The van der Waals surface area contributed by atoms with E-state index in [1.54, 1.807) is 19.2 Å². The van der Waals surface area contributed by atoms with E-state index in [4.69, 9.17) is 17.3 Å². The molecule has 0 spiro atoms. The summed E-state index contributed by atoms with van der Waals surface area (Å²) < 4.78 is 27.5. The second-order valence-corrected chi connectivity index (χ2v) is 8.45. The smallest absolute Gasteiger partial charge is 0.244 e. The van der Waals surface area contributed by atoms with Crippen LogP contribution in [0.3, 0.4) is 0 Å². The lowest BCUT2D eigenvalue weighted by molar-refractivity contribution is 0.268. The Bertz CT molecular complexity index is 586. The Morgan fingerprint density at radius 2 is 1.90 bits per heavy atom. The predicted octanol–water partition coefficient (Wildman–Crippen LogP) is 2.99. The minimum absolute atomic E-state index is 0.000450. The van der Waals surface area contributed by atoms with Crippen LogP contribution >= 0.6 is 27.5 Å². The highest BCUT2D eigenvalue weighted by Crippen LogP contribution is 2.31. The first-order valence-electron chi connectivity index (χ1n) is 6.51. The van der Waals surface area contributed by atoms with Crippen LogP contribution in [-0.2, 0) is 10.0 Å². The molecule has 0 saturated heterocycles. The van der Waals surface area contributed by atoms with Crippen LogP contribution in [0.2, 0.25) is 5.02 Å². The number of rotatable bonds is 3. The number of hydrogen-bond donors (Lipinski definition) is 1. The summed E-state index contributed by atoms with van der Waals surface area (Å²) in [4.78, 5) is 0.153. The molecular formula is C13H18BrClN2O2S. The molecule has 1 aromatic rings. The maximum absolute atomic E-state index is 12.6. The zero-order chi connectivity index (χ0) is 14.9. The molecular weight excluding hydrogens is 364 g/mol. The Kier molecular flexibility index (Phi) is 5.13. The molecule has 7 heteroatoms. The van der Waals surface area contributed by atoms with Gasteiger partial charge in [-0.1, -0.05) is 27.5 Å². The van der Waals surface area contributed by atoms with Crippen LogP contribution in [0.25, 0.3) is 0 Å². The molecule has 0 heterocycles. The first-order chi connectivity index (χ1) is 9.32. The SMILES string of the molecule is CN(C1CCC(N)CC1)S(=O)(=O)c1ccc(Br)cc1Cl. The molecule has 0 aromatic heterocycles. The molecule has 0 unspecified atom stereocenters. The summed E-state index contributed by atoms with van der Waals surface area (Å²) in [5, 5.41) is 0.235. The van der Waals surface area contributed by atoms with E-state index in [-0.39, 0.29) is 22.0 Å².